The number of benzene rings is 1. The molecule has 1 aromatic carbocycles. The summed E-state index contributed by atoms with van der Waals surface area (Å²) in [5, 5.41) is -0.494. The summed E-state index contributed by atoms with van der Waals surface area (Å²) in [5.74, 6) is 0.0573. The zero-order valence-corrected chi connectivity index (χ0v) is 12.0. The molecule has 0 N–H and O–H groups in total. The van der Waals surface area contributed by atoms with Crippen LogP contribution in [-0.2, 0) is 14.6 Å². The van der Waals surface area contributed by atoms with E-state index in [1.54, 1.807) is 6.07 Å². The van der Waals surface area contributed by atoms with Gasteiger partial charge in [-0.05, 0) is 32.0 Å². The number of carbonyl (C=O) groups excluding carboxylic acids is 1. The summed E-state index contributed by atoms with van der Waals surface area (Å²) in [6, 6.07) is 4.39. The van der Waals surface area contributed by atoms with Crippen LogP contribution in [0.4, 0.5) is 0 Å². The number of Topliss-reactive ketones (excluding diaryl/α,β-unsaturated/α-hetero) is 1. The minimum Gasteiger partial charge on any atom is -0.495 e. The number of halogens is 1. The van der Waals surface area contributed by atoms with Gasteiger partial charge >= 0.3 is 0 Å². The monoisotopic (exact) mass is 290 g/mol. The van der Waals surface area contributed by atoms with Crippen LogP contribution < -0.4 is 4.74 Å². The van der Waals surface area contributed by atoms with Crippen molar-refractivity contribution < 1.29 is 17.9 Å². The molecule has 0 spiro atoms. The number of hydrogen-bond acceptors (Lipinski definition) is 4. The Labute approximate surface area is 112 Å². The molecule has 0 heterocycles. The second-order valence-corrected chi connectivity index (χ2v) is 6.83. The quantitative estimate of drug-likeness (QED) is 0.836. The van der Waals surface area contributed by atoms with Crippen LogP contribution >= 0.6 is 11.6 Å². The maximum absolute atomic E-state index is 12.3. The fourth-order valence-electron chi connectivity index (χ4n) is 1.60. The van der Waals surface area contributed by atoms with E-state index in [2.05, 4.69) is 0 Å². The Kier molecular flexibility index (Phi) is 4.76. The third-order valence-corrected chi connectivity index (χ3v) is 4.93. The number of carbonyl (C=O) groups is 1. The van der Waals surface area contributed by atoms with Crippen molar-refractivity contribution in [2.24, 2.45) is 0 Å². The van der Waals surface area contributed by atoms with Crippen molar-refractivity contribution in [3.05, 3.63) is 23.2 Å². The molecular weight excluding hydrogens is 276 g/mol. The van der Waals surface area contributed by atoms with Gasteiger partial charge in [-0.15, -0.1) is 0 Å². The van der Waals surface area contributed by atoms with E-state index >= 15 is 0 Å². The average molecular weight is 291 g/mol. The second kappa shape index (κ2) is 5.71. The van der Waals surface area contributed by atoms with Gasteiger partial charge in [0.15, 0.2) is 9.84 Å². The summed E-state index contributed by atoms with van der Waals surface area (Å²) >= 11 is 5.80. The van der Waals surface area contributed by atoms with Gasteiger partial charge in [0.2, 0.25) is 0 Å². The van der Waals surface area contributed by atoms with E-state index in [0.717, 1.165) is 0 Å². The van der Waals surface area contributed by atoms with Gasteiger partial charge in [-0.25, -0.2) is 8.42 Å². The lowest BCUT2D eigenvalue weighted by Gasteiger charge is -2.14. The van der Waals surface area contributed by atoms with Gasteiger partial charge in [-0.2, -0.15) is 0 Å². The van der Waals surface area contributed by atoms with Crippen molar-refractivity contribution >= 4 is 27.2 Å². The number of ether oxygens (including phenoxy) is 1. The molecule has 0 aromatic heterocycles. The van der Waals surface area contributed by atoms with Crippen molar-refractivity contribution in [3.63, 3.8) is 0 Å². The smallest absolute Gasteiger partial charge is 0.185 e. The third-order valence-electron chi connectivity index (χ3n) is 2.54. The highest BCUT2D eigenvalue weighted by Crippen LogP contribution is 2.30. The lowest BCUT2D eigenvalue weighted by Crippen LogP contribution is -2.21. The molecule has 0 aliphatic rings. The standard InChI is InChI=1S/C12H15ClO4S/c1-8(14)6-9(2)18(15,16)12-7-10(13)4-5-11(12)17-3/h4-5,7,9H,6H2,1-3H3. The summed E-state index contributed by atoms with van der Waals surface area (Å²) in [7, 11) is -2.24. The molecule has 0 aliphatic carbocycles. The topological polar surface area (TPSA) is 60.4 Å². The van der Waals surface area contributed by atoms with Crippen molar-refractivity contribution in [1.29, 1.82) is 0 Å². The Morgan fingerprint density at radius 1 is 1.44 bits per heavy atom. The molecule has 0 aliphatic heterocycles. The fraction of sp³-hybridized carbons (Fsp3) is 0.417. The highest BCUT2D eigenvalue weighted by Gasteiger charge is 2.27. The molecule has 0 saturated heterocycles. The molecule has 0 bridgehead atoms. The zero-order valence-electron chi connectivity index (χ0n) is 10.4. The molecule has 0 amide bonds. The van der Waals surface area contributed by atoms with Crippen molar-refractivity contribution in [2.45, 2.75) is 30.4 Å². The predicted octanol–water partition coefficient (Wildman–Crippen LogP) is 2.49. The van der Waals surface area contributed by atoms with Crippen LogP contribution in [0.25, 0.3) is 0 Å². The zero-order chi connectivity index (χ0) is 13.9. The van der Waals surface area contributed by atoms with Crippen molar-refractivity contribution in [2.75, 3.05) is 7.11 Å². The maximum Gasteiger partial charge on any atom is 0.185 e. The van der Waals surface area contributed by atoms with E-state index in [1.807, 2.05) is 0 Å². The number of ketones is 1. The second-order valence-electron chi connectivity index (χ2n) is 4.06. The number of rotatable bonds is 5. The van der Waals surface area contributed by atoms with Gasteiger partial charge in [-0.3, -0.25) is 4.79 Å². The van der Waals surface area contributed by atoms with E-state index in [-0.39, 0.29) is 22.8 Å². The average Bonchev–Trinajstić information content (AvgIpc) is 2.28. The summed E-state index contributed by atoms with van der Waals surface area (Å²) in [5.41, 5.74) is 0. The van der Waals surface area contributed by atoms with Gasteiger partial charge in [0, 0.05) is 11.4 Å². The molecule has 0 fully saturated rings. The number of sulfone groups is 1. The SMILES string of the molecule is COc1ccc(Cl)cc1S(=O)(=O)C(C)CC(C)=O. The molecule has 100 valence electrons. The normalized spacial score (nSPS) is 13.1. The van der Waals surface area contributed by atoms with Crippen LogP contribution in [0.3, 0.4) is 0 Å². The molecular formula is C12H15ClO4S. The highest BCUT2D eigenvalue weighted by molar-refractivity contribution is 7.92. The first-order valence-electron chi connectivity index (χ1n) is 5.36. The molecule has 1 aromatic rings. The van der Waals surface area contributed by atoms with E-state index in [4.69, 9.17) is 16.3 Å². The van der Waals surface area contributed by atoms with E-state index in [0.29, 0.717) is 5.02 Å². The van der Waals surface area contributed by atoms with Gasteiger partial charge in [0.25, 0.3) is 0 Å². The molecule has 1 atom stereocenters. The molecule has 0 radical (unpaired) electrons. The summed E-state index contributed by atoms with van der Waals surface area (Å²) in [4.78, 5) is 11.1. The van der Waals surface area contributed by atoms with Gasteiger partial charge < -0.3 is 4.74 Å². The third kappa shape index (κ3) is 3.23. The summed E-state index contributed by atoms with van der Waals surface area (Å²) < 4.78 is 29.6. The van der Waals surface area contributed by atoms with Crippen LogP contribution in [0.5, 0.6) is 5.75 Å². The minimum atomic E-state index is -3.63. The molecule has 6 heteroatoms. The molecule has 18 heavy (non-hydrogen) atoms. The Balaban J connectivity index is 3.27. The molecule has 4 nitrogen and oxygen atoms in total. The van der Waals surface area contributed by atoms with Gasteiger partial charge in [0.1, 0.15) is 16.4 Å². The molecule has 1 rings (SSSR count). The Bertz CT molecular complexity index is 551. The minimum absolute atomic E-state index is 0.0197. The lowest BCUT2D eigenvalue weighted by molar-refractivity contribution is -0.116. The van der Waals surface area contributed by atoms with Crippen LogP contribution in [0.2, 0.25) is 5.02 Å². The first-order chi connectivity index (χ1) is 8.28. The molecule has 1 unspecified atom stereocenters. The predicted molar refractivity (Wildman–Crippen MR) is 69.9 cm³/mol. The van der Waals surface area contributed by atoms with Gasteiger partial charge in [-0.1, -0.05) is 11.6 Å². The van der Waals surface area contributed by atoms with E-state index < -0.39 is 15.1 Å². The lowest BCUT2D eigenvalue weighted by atomic mass is 10.2. The van der Waals surface area contributed by atoms with Crippen molar-refractivity contribution in [1.82, 2.24) is 0 Å². The fourth-order valence-corrected chi connectivity index (χ4v) is 3.45. The molecule has 0 saturated carbocycles. The first kappa shape index (κ1) is 15.0. The van der Waals surface area contributed by atoms with Crippen LogP contribution in [0, 0.1) is 0 Å². The van der Waals surface area contributed by atoms with Crippen molar-refractivity contribution in [3.8, 4) is 5.75 Å². The van der Waals surface area contributed by atoms with E-state index in [1.165, 1.54) is 33.1 Å². The van der Waals surface area contributed by atoms with Crippen LogP contribution in [-0.4, -0.2) is 26.6 Å². The van der Waals surface area contributed by atoms with Crippen LogP contribution in [0.1, 0.15) is 20.3 Å². The number of hydrogen-bond donors (Lipinski definition) is 0. The summed E-state index contributed by atoms with van der Waals surface area (Å²) in [6.07, 6.45) is -0.0298. The van der Waals surface area contributed by atoms with E-state index in [9.17, 15) is 13.2 Å². The maximum atomic E-state index is 12.3. The Morgan fingerprint density at radius 3 is 2.56 bits per heavy atom. The summed E-state index contributed by atoms with van der Waals surface area (Å²) in [6.45, 7) is 2.86. The Morgan fingerprint density at radius 2 is 2.06 bits per heavy atom. The first-order valence-corrected chi connectivity index (χ1v) is 7.28. The number of methoxy groups -OCH3 is 1. The van der Waals surface area contributed by atoms with Gasteiger partial charge in [0.05, 0.1) is 12.4 Å². The highest BCUT2D eigenvalue weighted by atomic mass is 35.5. The largest absolute Gasteiger partial charge is 0.495 e. The van der Waals surface area contributed by atoms with Crippen LogP contribution in [0.15, 0.2) is 23.1 Å². The Hall–Kier alpha value is -1.07.